The van der Waals surface area contributed by atoms with Crippen LogP contribution in [0.25, 0.3) is 11.2 Å². The van der Waals surface area contributed by atoms with Gasteiger partial charge in [-0.15, -0.1) is 0 Å². The maximum Gasteiger partial charge on any atom is 0.361 e. The monoisotopic (exact) mass is 457 g/mol. The van der Waals surface area contributed by atoms with Gasteiger partial charge in [-0.3, -0.25) is 4.57 Å². The van der Waals surface area contributed by atoms with E-state index in [1.807, 2.05) is 18.5 Å². The van der Waals surface area contributed by atoms with E-state index in [1.54, 1.807) is 26.0 Å². The van der Waals surface area contributed by atoms with E-state index in [0.717, 1.165) is 35.5 Å². The van der Waals surface area contributed by atoms with Gasteiger partial charge in [0.1, 0.15) is 5.82 Å². The van der Waals surface area contributed by atoms with Gasteiger partial charge in [-0.2, -0.15) is 0 Å². The lowest BCUT2D eigenvalue weighted by molar-refractivity contribution is 0.230. The molecule has 2 aromatic heterocycles. The van der Waals surface area contributed by atoms with E-state index in [0.29, 0.717) is 30.3 Å². The van der Waals surface area contributed by atoms with Crippen LogP contribution in [0.15, 0.2) is 30.6 Å². The third-order valence-corrected chi connectivity index (χ3v) is 7.89. The van der Waals surface area contributed by atoms with Gasteiger partial charge >= 0.3 is 7.60 Å². The molecule has 1 fully saturated rings. The summed E-state index contributed by atoms with van der Waals surface area (Å²) in [4.78, 5) is 14.4. The molecule has 0 atom stereocenters. The van der Waals surface area contributed by atoms with Crippen molar-refractivity contribution in [2.45, 2.75) is 65.3 Å². The Balaban J connectivity index is 1.68. The fourth-order valence-corrected chi connectivity index (χ4v) is 5.72. The summed E-state index contributed by atoms with van der Waals surface area (Å²) in [6.07, 6.45) is 6.52. The fraction of sp³-hybridized carbons (Fsp3) is 0.522. The van der Waals surface area contributed by atoms with Crippen molar-refractivity contribution in [3.8, 4) is 0 Å². The lowest BCUT2D eigenvalue weighted by Gasteiger charge is -2.17. The van der Waals surface area contributed by atoms with Gasteiger partial charge in [-0.05, 0) is 64.8 Å². The Morgan fingerprint density at radius 3 is 2.34 bits per heavy atom. The normalized spacial score (nSPS) is 15.2. The highest BCUT2D eigenvalue weighted by Crippen LogP contribution is 2.47. The van der Waals surface area contributed by atoms with Gasteiger partial charge in [0.05, 0.1) is 24.8 Å². The van der Waals surface area contributed by atoms with E-state index in [4.69, 9.17) is 19.0 Å². The van der Waals surface area contributed by atoms with Crippen LogP contribution in [0, 0.1) is 0 Å². The standard InChI is InChI=1S/C23H32N5O3P/c1-5-30-32(29,31-6-2)19-13-11-18(12-14-19)25-22-20-23(28(15-24-20)16(3)4)27-21(26-22)17-9-7-8-10-17/h11-17H,5-10H2,1-4H3,(H,25,26,27). The number of hydrogen-bond acceptors (Lipinski definition) is 7. The topological polar surface area (TPSA) is 91.2 Å². The molecule has 2 heterocycles. The predicted octanol–water partition coefficient (Wildman–Crippen LogP) is 5.70. The minimum Gasteiger partial charge on any atom is -0.338 e. The molecular formula is C23H32N5O3P. The number of nitrogens with zero attached hydrogens (tertiary/aromatic N) is 4. The molecule has 0 unspecified atom stereocenters. The minimum absolute atomic E-state index is 0.254. The van der Waals surface area contributed by atoms with E-state index in [9.17, 15) is 4.57 Å². The van der Waals surface area contributed by atoms with Crippen LogP contribution < -0.4 is 10.6 Å². The Labute approximate surface area is 189 Å². The number of hydrogen-bond donors (Lipinski definition) is 1. The van der Waals surface area contributed by atoms with Gasteiger partial charge in [0.25, 0.3) is 0 Å². The lowest BCUT2D eigenvalue weighted by atomic mass is 10.1. The van der Waals surface area contributed by atoms with Crippen molar-refractivity contribution in [2.75, 3.05) is 18.5 Å². The van der Waals surface area contributed by atoms with Gasteiger partial charge in [0.15, 0.2) is 17.0 Å². The number of anilines is 2. The summed E-state index contributed by atoms with van der Waals surface area (Å²) in [5, 5.41) is 3.94. The van der Waals surface area contributed by atoms with Crippen molar-refractivity contribution in [3.05, 3.63) is 36.4 Å². The molecule has 9 heteroatoms. The molecule has 1 saturated carbocycles. The fourth-order valence-electron chi connectivity index (χ4n) is 4.16. The van der Waals surface area contributed by atoms with E-state index in [2.05, 4.69) is 28.7 Å². The summed E-state index contributed by atoms with van der Waals surface area (Å²) in [5.74, 6) is 1.97. The number of imidazole rings is 1. The van der Waals surface area contributed by atoms with Crippen LogP contribution in [-0.4, -0.2) is 32.7 Å². The van der Waals surface area contributed by atoms with Crippen molar-refractivity contribution >= 4 is 35.6 Å². The van der Waals surface area contributed by atoms with E-state index in [1.165, 1.54) is 12.8 Å². The molecule has 172 valence electrons. The smallest absolute Gasteiger partial charge is 0.338 e. The molecule has 8 nitrogen and oxygen atoms in total. The molecule has 0 amide bonds. The highest BCUT2D eigenvalue weighted by molar-refractivity contribution is 7.62. The largest absolute Gasteiger partial charge is 0.361 e. The molecule has 0 aliphatic heterocycles. The Kier molecular flexibility index (Phi) is 6.93. The average molecular weight is 458 g/mol. The van der Waals surface area contributed by atoms with Crippen molar-refractivity contribution in [3.63, 3.8) is 0 Å². The average Bonchev–Trinajstić information content (AvgIpc) is 3.45. The molecule has 0 spiro atoms. The van der Waals surface area contributed by atoms with Crippen molar-refractivity contribution in [1.29, 1.82) is 0 Å². The minimum atomic E-state index is -3.31. The molecule has 0 radical (unpaired) electrons. The van der Waals surface area contributed by atoms with Crippen molar-refractivity contribution in [2.24, 2.45) is 0 Å². The highest BCUT2D eigenvalue weighted by atomic mass is 31.2. The molecule has 4 rings (SSSR count). The second-order valence-corrected chi connectivity index (χ2v) is 10.4. The van der Waals surface area contributed by atoms with Crippen molar-refractivity contribution in [1.82, 2.24) is 19.5 Å². The highest BCUT2D eigenvalue weighted by Gasteiger charge is 2.27. The van der Waals surface area contributed by atoms with Crippen LogP contribution in [0.1, 0.15) is 71.2 Å². The number of rotatable bonds is 9. The zero-order valence-corrected chi connectivity index (χ0v) is 20.1. The maximum atomic E-state index is 13.0. The Hall–Kier alpha value is -2.28. The number of nitrogens with one attached hydrogen (secondary N) is 1. The first kappa shape index (κ1) is 22.9. The predicted molar refractivity (Wildman–Crippen MR) is 127 cm³/mol. The van der Waals surface area contributed by atoms with Crippen LogP contribution in [-0.2, 0) is 13.6 Å². The summed E-state index contributed by atoms with van der Waals surface area (Å²) in [6, 6.07) is 7.53. The molecule has 1 aromatic carbocycles. The SMILES string of the molecule is CCOP(=O)(OCC)c1ccc(Nc2nc(C3CCCC3)nc3c2ncn3C(C)C)cc1. The summed E-state index contributed by atoms with van der Waals surface area (Å²) in [6.45, 7) is 8.50. The second kappa shape index (κ2) is 9.69. The number of benzene rings is 1. The van der Waals surface area contributed by atoms with Crippen LogP contribution in [0.2, 0.25) is 0 Å². The molecular weight excluding hydrogens is 425 g/mol. The lowest BCUT2D eigenvalue weighted by Crippen LogP contribution is -2.11. The van der Waals surface area contributed by atoms with Gasteiger partial charge < -0.3 is 18.9 Å². The first-order valence-corrected chi connectivity index (χ1v) is 13.0. The number of fused-ring (bicyclic) bond motifs is 1. The third kappa shape index (κ3) is 4.58. The van der Waals surface area contributed by atoms with Gasteiger partial charge in [-0.25, -0.2) is 15.0 Å². The summed E-state index contributed by atoms with van der Waals surface area (Å²) in [5.41, 5.74) is 2.43. The summed E-state index contributed by atoms with van der Waals surface area (Å²) >= 11 is 0. The van der Waals surface area contributed by atoms with E-state index in [-0.39, 0.29) is 6.04 Å². The Morgan fingerprint density at radius 1 is 1.09 bits per heavy atom. The first-order valence-electron chi connectivity index (χ1n) is 11.5. The zero-order chi connectivity index (χ0) is 22.7. The molecule has 3 aromatic rings. The van der Waals surface area contributed by atoms with Crippen LogP contribution >= 0.6 is 7.60 Å². The van der Waals surface area contributed by atoms with Crippen LogP contribution in [0.4, 0.5) is 11.5 Å². The third-order valence-electron chi connectivity index (χ3n) is 5.76. The number of aromatic nitrogens is 4. The zero-order valence-electron chi connectivity index (χ0n) is 19.2. The summed E-state index contributed by atoms with van der Waals surface area (Å²) in [7, 11) is -3.31. The summed E-state index contributed by atoms with van der Waals surface area (Å²) < 4.78 is 26.0. The van der Waals surface area contributed by atoms with Gasteiger partial charge in [0.2, 0.25) is 0 Å². The van der Waals surface area contributed by atoms with E-state index < -0.39 is 7.60 Å². The maximum absolute atomic E-state index is 13.0. The molecule has 1 N–H and O–H groups in total. The molecule has 0 bridgehead atoms. The molecule has 1 aliphatic rings. The molecule has 1 aliphatic carbocycles. The molecule has 32 heavy (non-hydrogen) atoms. The van der Waals surface area contributed by atoms with Gasteiger partial charge in [-0.1, -0.05) is 12.8 Å². The Morgan fingerprint density at radius 2 is 1.75 bits per heavy atom. The van der Waals surface area contributed by atoms with Crippen LogP contribution in [0.5, 0.6) is 0 Å². The second-order valence-electron chi connectivity index (χ2n) is 8.33. The van der Waals surface area contributed by atoms with Crippen molar-refractivity contribution < 1.29 is 13.6 Å². The quantitative estimate of drug-likeness (QED) is 0.412. The first-order chi connectivity index (χ1) is 15.4. The molecule has 0 saturated heterocycles. The van der Waals surface area contributed by atoms with Gasteiger partial charge in [0, 0.05) is 17.6 Å². The van der Waals surface area contributed by atoms with E-state index >= 15 is 0 Å². The van der Waals surface area contributed by atoms with Crippen LogP contribution in [0.3, 0.4) is 0 Å². The Bertz CT molecular complexity index is 1100.